The Hall–Kier alpha value is -2.14. The largest absolute Gasteiger partial charge is 0.493 e. The van der Waals surface area contributed by atoms with Gasteiger partial charge in [-0.1, -0.05) is 47.1 Å². The first-order valence-electron chi connectivity index (χ1n) is 7.47. The second-order valence-corrected chi connectivity index (χ2v) is 5.90. The molecule has 0 aliphatic rings. The fourth-order valence-corrected chi connectivity index (χ4v) is 2.20. The Bertz CT molecular complexity index is 669. The molecule has 0 fully saturated rings. The number of hydrogen-bond donors (Lipinski definition) is 1. The SMILES string of the molecule is CCCOc1ccccc1/C=N\NC(=O)Cc1ccc(Br)cc1. The highest BCUT2D eigenvalue weighted by Gasteiger charge is 2.03. The van der Waals surface area contributed by atoms with Gasteiger partial charge in [0.2, 0.25) is 5.91 Å². The van der Waals surface area contributed by atoms with Gasteiger partial charge in [0.05, 0.1) is 19.2 Å². The van der Waals surface area contributed by atoms with Crippen molar-refractivity contribution in [3.63, 3.8) is 0 Å². The molecule has 5 heteroatoms. The van der Waals surface area contributed by atoms with Crippen LogP contribution in [0.4, 0.5) is 0 Å². The first-order chi connectivity index (χ1) is 11.2. The van der Waals surface area contributed by atoms with Crippen molar-refractivity contribution in [2.75, 3.05) is 6.61 Å². The Morgan fingerprint density at radius 3 is 2.70 bits per heavy atom. The fourth-order valence-electron chi connectivity index (χ4n) is 1.93. The van der Waals surface area contributed by atoms with Gasteiger partial charge in [0.25, 0.3) is 0 Å². The van der Waals surface area contributed by atoms with E-state index in [0.717, 1.165) is 27.8 Å². The van der Waals surface area contributed by atoms with E-state index in [1.165, 1.54) is 0 Å². The van der Waals surface area contributed by atoms with Gasteiger partial charge in [-0.15, -0.1) is 0 Å². The van der Waals surface area contributed by atoms with E-state index in [-0.39, 0.29) is 5.91 Å². The molecule has 120 valence electrons. The van der Waals surface area contributed by atoms with Crippen LogP contribution in [0.2, 0.25) is 0 Å². The number of para-hydroxylation sites is 1. The number of halogens is 1. The predicted octanol–water partition coefficient (Wildman–Crippen LogP) is 3.93. The van der Waals surface area contributed by atoms with E-state index in [0.29, 0.717) is 13.0 Å². The summed E-state index contributed by atoms with van der Waals surface area (Å²) in [5, 5.41) is 4.01. The fraction of sp³-hybridized carbons (Fsp3) is 0.222. The van der Waals surface area contributed by atoms with Crippen molar-refractivity contribution in [1.29, 1.82) is 0 Å². The third-order valence-electron chi connectivity index (χ3n) is 3.05. The Labute approximate surface area is 144 Å². The average molecular weight is 375 g/mol. The summed E-state index contributed by atoms with van der Waals surface area (Å²) < 4.78 is 6.63. The minimum atomic E-state index is -0.157. The van der Waals surface area contributed by atoms with E-state index >= 15 is 0 Å². The van der Waals surface area contributed by atoms with Crippen LogP contribution < -0.4 is 10.2 Å². The zero-order chi connectivity index (χ0) is 16.5. The Balaban J connectivity index is 1.91. The van der Waals surface area contributed by atoms with E-state index in [1.54, 1.807) is 6.21 Å². The van der Waals surface area contributed by atoms with E-state index in [1.807, 2.05) is 48.5 Å². The van der Waals surface area contributed by atoms with Crippen molar-refractivity contribution in [2.24, 2.45) is 5.10 Å². The van der Waals surface area contributed by atoms with Crippen molar-refractivity contribution in [3.8, 4) is 5.75 Å². The molecule has 23 heavy (non-hydrogen) atoms. The molecule has 1 N–H and O–H groups in total. The lowest BCUT2D eigenvalue weighted by Gasteiger charge is -2.07. The van der Waals surface area contributed by atoms with Gasteiger partial charge in [0.1, 0.15) is 5.75 Å². The number of benzene rings is 2. The number of amides is 1. The van der Waals surface area contributed by atoms with Crippen LogP contribution in [-0.4, -0.2) is 18.7 Å². The third-order valence-corrected chi connectivity index (χ3v) is 3.58. The summed E-state index contributed by atoms with van der Waals surface area (Å²) in [4.78, 5) is 11.9. The van der Waals surface area contributed by atoms with Gasteiger partial charge >= 0.3 is 0 Å². The minimum Gasteiger partial charge on any atom is -0.493 e. The highest BCUT2D eigenvalue weighted by molar-refractivity contribution is 9.10. The first-order valence-corrected chi connectivity index (χ1v) is 8.26. The van der Waals surface area contributed by atoms with E-state index in [2.05, 4.69) is 33.4 Å². The number of ether oxygens (including phenoxy) is 1. The summed E-state index contributed by atoms with van der Waals surface area (Å²) in [6.07, 6.45) is 2.83. The summed E-state index contributed by atoms with van der Waals surface area (Å²) in [7, 11) is 0. The molecule has 0 radical (unpaired) electrons. The summed E-state index contributed by atoms with van der Waals surface area (Å²) in [6, 6.07) is 15.2. The van der Waals surface area contributed by atoms with E-state index in [9.17, 15) is 4.79 Å². The molecule has 1 amide bonds. The normalized spacial score (nSPS) is 10.7. The Morgan fingerprint density at radius 1 is 1.22 bits per heavy atom. The standard InChI is InChI=1S/C18H19BrN2O2/c1-2-11-23-17-6-4-3-5-15(17)13-20-21-18(22)12-14-7-9-16(19)10-8-14/h3-10,13H,2,11-12H2,1H3,(H,21,22)/b20-13-. The van der Waals surface area contributed by atoms with Gasteiger partial charge < -0.3 is 4.74 Å². The molecule has 0 aromatic heterocycles. The van der Waals surface area contributed by atoms with Crippen LogP contribution in [0.25, 0.3) is 0 Å². The summed E-state index contributed by atoms with van der Waals surface area (Å²) >= 11 is 3.37. The Kier molecular flexibility index (Phi) is 6.81. The van der Waals surface area contributed by atoms with Crippen molar-refractivity contribution in [3.05, 3.63) is 64.1 Å². The van der Waals surface area contributed by atoms with Crippen molar-refractivity contribution in [2.45, 2.75) is 19.8 Å². The molecule has 0 unspecified atom stereocenters. The second kappa shape index (κ2) is 9.10. The number of hydrogen-bond acceptors (Lipinski definition) is 3. The number of hydrazone groups is 1. The third kappa shape index (κ3) is 5.87. The molecule has 4 nitrogen and oxygen atoms in total. The molecule has 0 heterocycles. The molecule has 2 aromatic carbocycles. The first kappa shape index (κ1) is 17.2. The second-order valence-electron chi connectivity index (χ2n) is 4.98. The average Bonchev–Trinajstić information content (AvgIpc) is 2.56. The number of nitrogens with one attached hydrogen (secondary N) is 1. The lowest BCUT2D eigenvalue weighted by Crippen LogP contribution is -2.19. The van der Waals surface area contributed by atoms with Crippen LogP contribution >= 0.6 is 15.9 Å². The highest BCUT2D eigenvalue weighted by atomic mass is 79.9. The lowest BCUT2D eigenvalue weighted by molar-refractivity contribution is -0.120. The molecule has 0 aliphatic carbocycles. The van der Waals surface area contributed by atoms with Gasteiger partial charge in [0.15, 0.2) is 0 Å². The lowest BCUT2D eigenvalue weighted by atomic mass is 10.1. The molecular formula is C18H19BrN2O2. The number of nitrogens with zero attached hydrogens (tertiary/aromatic N) is 1. The Morgan fingerprint density at radius 2 is 1.96 bits per heavy atom. The van der Waals surface area contributed by atoms with E-state index in [4.69, 9.17) is 4.74 Å². The van der Waals surface area contributed by atoms with Crippen LogP contribution in [0.1, 0.15) is 24.5 Å². The zero-order valence-electron chi connectivity index (χ0n) is 13.0. The van der Waals surface area contributed by atoms with Gasteiger partial charge in [-0.2, -0.15) is 5.10 Å². The summed E-state index contributed by atoms with van der Waals surface area (Å²) in [5.41, 5.74) is 4.32. The van der Waals surface area contributed by atoms with Crippen LogP contribution in [0.15, 0.2) is 58.1 Å². The maximum absolute atomic E-state index is 11.9. The molecule has 0 bridgehead atoms. The van der Waals surface area contributed by atoms with Gasteiger partial charge in [0, 0.05) is 10.0 Å². The van der Waals surface area contributed by atoms with Crippen molar-refractivity contribution in [1.82, 2.24) is 5.43 Å². The molecule has 2 rings (SSSR count). The summed E-state index contributed by atoms with van der Waals surface area (Å²) in [5.74, 6) is 0.607. The maximum Gasteiger partial charge on any atom is 0.244 e. The van der Waals surface area contributed by atoms with Gasteiger partial charge in [-0.3, -0.25) is 4.79 Å². The number of carbonyl (C=O) groups is 1. The topological polar surface area (TPSA) is 50.7 Å². The van der Waals surface area contributed by atoms with Crippen molar-refractivity contribution >= 4 is 28.1 Å². The van der Waals surface area contributed by atoms with Gasteiger partial charge in [-0.25, -0.2) is 5.43 Å². The predicted molar refractivity (Wildman–Crippen MR) is 95.8 cm³/mol. The highest BCUT2D eigenvalue weighted by Crippen LogP contribution is 2.16. The molecule has 0 saturated heterocycles. The van der Waals surface area contributed by atoms with Crippen molar-refractivity contribution < 1.29 is 9.53 Å². The maximum atomic E-state index is 11.9. The molecule has 0 atom stereocenters. The minimum absolute atomic E-state index is 0.157. The zero-order valence-corrected chi connectivity index (χ0v) is 14.5. The summed E-state index contributed by atoms with van der Waals surface area (Å²) in [6.45, 7) is 2.71. The molecule has 0 saturated carbocycles. The number of rotatable bonds is 7. The van der Waals surface area contributed by atoms with Gasteiger partial charge in [-0.05, 0) is 36.2 Å². The molecule has 0 spiro atoms. The number of carbonyl (C=O) groups excluding carboxylic acids is 1. The smallest absolute Gasteiger partial charge is 0.244 e. The van der Waals surface area contributed by atoms with Crippen LogP contribution in [-0.2, 0) is 11.2 Å². The monoisotopic (exact) mass is 374 g/mol. The van der Waals surface area contributed by atoms with Crippen LogP contribution in [0.3, 0.4) is 0 Å². The molecule has 0 aliphatic heterocycles. The quantitative estimate of drug-likeness (QED) is 0.589. The van der Waals surface area contributed by atoms with Crippen LogP contribution in [0.5, 0.6) is 5.75 Å². The molecule has 2 aromatic rings. The van der Waals surface area contributed by atoms with E-state index < -0.39 is 0 Å². The molecular weight excluding hydrogens is 356 g/mol. The van der Waals surface area contributed by atoms with Crippen LogP contribution in [0, 0.1) is 0 Å².